The molecular formula is C19H20N2O5. The lowest BCUT2D eigenvalue weighted by Gasteiger charge is -2.16. The Morgan fingerprint density at radius 2 is 1.81 bits per heavy atom. The van der Waals surface area contributed by atoms with Crippen LogP contribution in [0.5, 0.6) is 11.5 Å². The number of hydrogen-bond donors (Lipinski definition) is 1. The van der Waals surface area contributed by atoms with Crippen LogP contribution in [0.3, 0.4) is 0 Å². The van der Waals surface area contributed by atoms with Crippen LogP contribution < -0.4 is 15.0 Å². The van der Waals surface area contributed by atoms with Crippen molar-refractivity contribution in [1.82, 2.24) is 9.38 Å². The number of hydrogen-bond acceptors (Lipinski definition) is 5. The second-order valence-electron chi connectivity index (χ2n) is 6.52. The van der Waals surface area contributed by atoms with Gasteiger partial charge in [-0.15, -0.1) is 0 Å². The van der Waals surface area contributed by atoms with Gasteiger partial charge in [0.2, 0.25) is 0 Å². The van der Waals surface area contributed by atoms with Crippen LogP contribution in [-0.2, 0) is 0 Å². The van der Waals surface area contributed by atoms with E-state index >= 15 is 0 Å². The van der Waals surface area contributed by atoms with Crippen LogP contribution in [0.25, 0.3) is 16.6 Å². The number of carbonyl (C=O) groups is 1. The quantitative estimate of drug-likeness (QED) is 0.707. The van der Waals surface area contributed by atoms with Crippen molar-refractivity contribution in [3.8, 4) is 11.5 Å². The fourth-order valence-corrected chi connectivity index (χ4v) is 2.66. The summed E-state index contributed by atoms with van der Waals surface area (Å²) in [6, 6.07) is 6.24. The van der Waals surface area contributed by atoms with Gasteiger partial charge in [-0.1, -0.05) is 0 Å². The number of aromatic carboxylic acids is 1. The fraction of sp³-hybridized carbons (Fsp3) is 0.316. The van der Waals surface area contributed by atoms with Gasteiger partial charge in [0.25, 0.3) is 5.56 Å². The van der Waals surface area contributed by atoms with Gasteiger partial charge in [0.15, 0.2) is 0 Å². The smallest absolute Gasteiger partial charge is 0.337 e. The fourth-order valence-electron chi connectivity index (χ4n) is 2.66. The summed E-state index contributed by atoms with van der Waals surface area (Å²) in [5.41, 5.74) is 0.395. The van der Waals surface area contributed by atoms with Crippen LogP contribution in [0, 0.1) is 0 Å². The topological polar surface area (TPSA) is 90.1 Å². The zero-order valence-electron chi connectivity index (χ0n) is 15.0. The Labute approximate surface area is 149 Å². The van der Waals surface area contributed by atoms with Gasteiger partial charge in [-0.2, -0.15) is 0 Å². The van der Waals surface area contributed by atoms with Gasteiger partial charge >= 0.3 is 5.97 Å². The zero-order chi connectivity index (χ0) is 19.0. The molecule has 1 aromatic carbocycles. The van der Waals surface area contributed by atoms with E-state index in [4.69, 9.17) is 14.6 Å². The summed E-state index contributed by atoms with van der Waals surface area (Å²) in [6.07, 6.45) is 1.09. The lowest BCUT2D eigenvalue weighted by Crippen LogP contribution is -2.18. The van der Waals surface area contributed by atoms with Crippen LogP contribution >= 0.6 is 0 Å². The maximum absolute atomic E-state index is 13.0. The lowest BCUT2D eigenvalue weighted by molar-refractivity contribution is 0.0696. The molecule has 0 saturated heterocycles. The molecule has 0 aliphatic heterocycles. The largest absolute Gasteiger partial charge is 0.491 e. The number of aromatic nitrogens is 2. The van der Waals surface area contributed by atoms with E-state index in [1.165, 1.54) is 22.7 Å². The molecule has 0 amide bonds. The number of carboxylic acids is 1. The van der Waals surface area contributed by atoms with E-state index in [0.717, 1.165) is 0 Å². The maximum atomic E-state index is 13.0. The highest BCUT2D eigenvalue weighted by Gasteiger charge is 2.16. The number of benzene rings is 1. The highest BCUT2D eigenvalue weighted by atomic mass is 16.5. The van der Waals surface area contributed by atoms with Gasteiger partial charge in [0.1, 0.15) is 22.7 Å². The van der Waals surface area contributed by atoms with Gasteiger partial charge in [0, 0.05) is 12.3 Å². The first kappa shape index (κ1) is 17.7. The van der Waals surface area contributed by atoms with Gasteiger partial charge in [-0.05, 0) is 45.9 Å². The Bertz CT molecular complexity index is 1050. The minimum atomic E-state index is -1.11. The van der Waals surface area contributed by atoms with Crippen molar-refractivity contribution in [2.45, 2.75) is 39.9 Å². The molecule has 136 valence electrons. The molecule has 0 unspecified atom stereocenters. The van der Waals surface area contributed by atoms with Crippen molar-refractivity contribution in [3.05, 3.63) is 46.4 Å². The molecule has 2 heterocycles. The minimum absolute atomic E-state index is 0.00832. The van der Waals surface area contributed by atoms with Crippen LogP contribution in [-0.4, -0.2) is 32.7 Å². The molecule has 0 aliphatic rings. The van der Waals surface area contributed by atoms with Crippen LogP contribution in [0.2, 0.25) is 0 Å². The second-order valence-corrected chi connectivity index (χ2v) is 6.52. The summed E-state index contributed by atoms with van der Waals surface area (Å²) in [5.74, 6) is -0.161. The number of nitrogens with zero attached hydrogens (tertiary/aromatic N) is 2. The average molecular weight is 356 g/mol. The number of fused-ring (bicyclic) bond motifs is 2. The van der Waals surface area contributed by atoms with Crippen molar-refractivity contribution < 1.29 is 19.4 Å². The molecule has 0 spiro atoms. The molecule has 3 rings (SSSR count). The Hall–Kier alpha value is -3.09. The molecule has 7 heteroatoms. The van der Waals surface area contributed by atoms with Crippen molar-refractivity contribution >= 4 is 22.5 Å². The number of pyridine rings is 1. The number of carboxylic acid groups (broad SMARTS) is 1. The van der Waals surface area contributed by atoms with Gasteiger partial charge in [-0.25, -0.2) is 9.78 Å². The monoisotopic (exact) mass is 356 g/mol. The minimum Gasteiger partial charge on any atom is -0.491 e. The molecule has 0 atom stereocenters. The van der Waals surface area contributed by atoms with E-state index in [2.05, 4.69) is 4.98 Å². The van der Waals surface area contributed by atoms with E-state index in [0.29, 0.717) is 28.0 Å². The van der Waals surface area contributed by atoms with Crippen LogP contribution in [0.4, 0.5) is 0 Å². The molecule has 0 aliphatic carbocycles. The molecule has 7 nitrogen and oxygen atoms in total. The molecule has 0 radical (unpaired) electrons. The molecule has 3 aromatic rings. The average Bonchev–Trinajstić information content (AvgIpc) is 2.54. The van der Waals surface area contributed by atoms with E-state index in [1.807, 2.05) is 27.7 Å². The van der Waals surface area contributed by atoms with E-state index in [1.54, 1.807) is 12.1 Å². The first-order valence-corrected chi connectivity index (χ1v) is 8.33. The predicted octanol–water partition coefficient (Wildman–Crippen LogP) is 3.12. The Morgan fingerprint density at radius 1 is 1.12 bits per heavy atom. The molecule has 0 saturated carbocycles. The van der Waals surface area contributed by atoms with Gasteiger partial charge in [-0.3, -0.25) is 9.20 Å². The third-order valence-electron chi connectivity index (χ3n) is 3.63. The first-order valence-electron chi connectivity index (χ1n) is 8.33. The van der Waals surface area contributed by atoms with Crippen LogP contribution in [0.15, 0.2) is 35.3 Å². The van der Waals surface area contributed by atoms with E-state index < -0.39 is 5.97 Å². The number of rotatable bonds is 5. The summed E-state index contributed by atoms with van der Waals surface area (Å²) in [7, 11) is 0. The SMILES string of the molecule is CC(C)Oc1cc(OC(C)C)c2nc3ccc(C(=O)O)cn3c(=O)c2c1. The van der Waals surface area contributed by atoms with E-state index in [-0.39, 0.29) is 23.3 Å². The molecule has 26 heavy (non-hydrogen) atoms. The van der Waals surface area contributed by atoms with Crippen molar-refractivity contribution in [3.63, 3.8) is 0 Å². The lowest BCUT2D eigenvalue weighted by atomic mass is 10.2. The molecule has 0 fully saturated rings. The van der Waals surface area contributed by atoms with E-state index in [9.17, 15) is 9.59 Å². The maximum Gasteiger partial charge on any atom is 0.337 e. The summed E-state index contributed by atoms with van der Waals surface area (Å²) < 4.78 is 12.8. The Kier molecular flexibility index (Phi) is 4.54. The third kappa shape index (κ3) is 3.33. The molecule has 1 N–H and O–H groups in total. The molecular weight excluding hydrogens is 336 g/mol. The van der Waals surface area contributed by atoms with Crippen molar-refractivity contribution in [1.29, 1.82) is 0 Å². The van der Waals surface area contributed by atoms with Crippen LogP contribution in [0.1, 0.15) is 38.1 Å². The number of ether oxygens (including phenoxy) is 2. The summed E-state index contributed by atoms with van der Waals surface area (Å²) in [4.78, 5) is 28.7. The third-order valence-corrected chi connectivity index (χ3v) is 3.63. The first-order chi connectivity index (χ1) is 12.3. The normalized spacial score (nSPS) is 11.5. The highest BCUT2D eigenvalue weighted by Crippen LogP contribution is 2.30. The predicted molar refractivity (Wildman–Crippen MR) is 97.5 cm³/mol. The summed E-state index contributed by atoms with van der Waals surface area (Å²) in [6.45, 7) is 7.54. The van der Waals surface area contributed by atoms with Gasteiger partial charge < -0.3 is 14.6 Å². The summed E-state index contributed by atoms with van der Waals surface area (Å²) in [5, 5.41) is 9.46. The van der Waals surface area contributed by atoms with Gasteiger partial charge in [0.05, 0.1) is 23.2 Å². The Balaban J connectivity index is 2.35. The Morgan fingerprint density at radius 3 is 2.42 bits per heavy atom. The second kappa shape index (κ2) is 6.67. The molecule has 2 aromatic heterocycles. The zero-order valence-corrected chi connectivity index (χ0v) is 15.0. The summed E-state index contributed by atoms with van der Waals surface area (Å²) >= 11 is 0. The van der Waals surface area contributed by atoms with Crippen molar-refractivity contribution in [2.24, 2.45) is 0 Å². The highest BCUT2D eigenvalue weighted by molar-refractivity contribution is 5.89. The standard InChI is InChI=1S/C19H20N2O5/c1-10(2)25-13-7-14-17(15(8-13)26-11(3)4)20-16-6-5-12(19(23)24)9-21(16)18(14)22/h5-11H,1-4H3,(H,23,24). The van der Waals surface area contributed by atoms with Crippen molar-refractivity contribution in [2.75, 3.05) is 0 Å². The molecule has 0 bridgehead atoms.